The summed E-state index contributed by atoms with van der Waals surface area (Å²) in [5, 5.41) is 11.2. The van der Waals surface area contributed by atoms with E-state index in [0.717, 1.165) is 12.8 Å². The van der Waals surface area contributed by atoms with Gasteiger partial charge in [0, 0.05) is 13.1 Å². The SMILES string of the molecule is CC1(CNCC(O)C(F)(F)F)CC1. The molecular weight excluding hydrogens is 183 g/mol. The summed E-state index contributed by atoms with van der Waals surface area (Å²) in [5.41, 5.74) is 0.172. The van der Waals surface area contributed by atoms with Crippen LogP contribution in [0.5, 0.6) is 0 Å². The van der Waals surface area contributed by atoms with Gasteiger partial charge in [-0.1, -0.05) is 6.92 Å². The van der Waals surface area contributed by atoms with Crippen LogP contribution in [0.4, 0.5) is 13.2 Å². The standard InChI is InChI=1S/C8H14F3NO/c1-7(2-3-7)5-12-4-6(13)8(9,10)11/h6,12-13H,2-5H2,1H3. The molecule has 0 saturated heterocycles. The van der Waals surface area contributed by atoms with Crippen LogP contribution >= 0.6 is 0 Å². The Morgan fingerprint density at radius 1 is 1.46 bits per heavy atom. The first-order valence-electron chi connectivity index (χ1n) is 4.29. The lowest BCUT2D eigenvalue weighted by Crippen LogP contribution is -2.39. The van der Waals surface area contributed by atoms with Crippen molar-refractivity contribution in [3.63, 3.8) is 0 Å². The van der Waals surface area contributed by atoms with Gasteiger partial charge >= 0.3 is 6.18 Å². The molecule has 1 saturated carbocycles. The molecule has 5 heteroatoms. The van der Waals surface area contributed by atoms with Crippen molar-refractivity contribution in [2.45, 2.75) is 32.0 Å². The molecule has 1 aliphatic rings. The lowest BCUT2D eigenvalue weighted by molar-refractivity contribution is -0.201. The second kappa shape index (κ2) is 3.46. The van der Waals surface area contributed by atoms with E-state index in [4.69, 9.17) is 5.11 Å². The van der Waals surface area contributed by atoms with Gasteiger partial charge < -0.3 is 10.4 Å². The molecule has 1 unspecified atom stereocenters. The van der Waals surface area contributed by atoms with Crippen molar-refractivity contribution in [1.82, 2.24) is 5.32 Å². The summed E-state index contributed by atoms with van der Waals surface area (Å²) < 4.78 is 35.4. The summed E-state index contributed by atoms with van der Waals surface area (Å²) in [6, 6.07) is 0. The third kappa shape index (κ3) is 3.52. The van der Waals surface area contributed by atoms with Gasteiger partial charge in [-0.15, -0.1) is 0 Å². The summed E-state index contributed by atoms with van der Waals surface area (Å²) in [6.45, 7) is 2.17. The maximum atomic E-state index is 11.8. The molecule has 0 amide bonds. The second-order valence-corrected chi connectivity index (χ2v) is 4.00. The molecule has 0 aromatic heterocycles. The summed E-state index contributed by atoms with van der Waals surface area (Å²) in [4.78, 5) is 0. The number of aliphatic hydroxyl groups excluding tert-OH is 1. The largest absolute Gasteiger partial charge is 0.415 e. The molecule has 1 atom stereocenters. The number of hydrogen-bond donors (Lipinski definition) is 2. The molecular formula is C8H14F3NO. The van der Waals surface area contributed by atoms with Gasteiger partial charge in [-0.2, -0.15) is 13.2 Å². The normalized spacial score (nSPS) is 22.8. The Kier molecular flexibility index (Phi) is 2.87. The lowest BCUT2D eigenvalue weighted by atomic mass is 10.1. The molecule has 1 fully saturated rings. The summed E-state index contributed by atoms with van der Waals surface area (Å²) in [5.74, 6) is 0. The van der Waals surface area contributed by atoms with Gasteiger partial charge in [-0.3, -0.25) is 0 Å². The molecule has 2 nitrogen and oxygen atoms in total. The van der Waals surface area contributed by atoms with Crippen LogP contribution in [0.15, 0.2) is 0 Å². The maximum Gasteiger partial charge on any atom is 0.415 e. The third-order valence-electron chi connectivity index (χ3n) is 2.37. The fourth-order valence-corrected chi connectivity index (χ4v) is 1.02. The average Bonchev–Trinajstić information content (AvgIpc) is 2.66. The zero-order valence-electron chi connectivity index (χ0n) is 7.49. The molecule has 0 bridgehead atoms. The van der Waals surface area contributed by atoms with E-state index in [9.17, 15) is 13.2 Å². The van der Waals surface area contributed by atoms with Crippen molar-refractivity contribution in [1.29, 1.82) is 0 Å². The maximum absolute atomic E-state index is 11.8. The Morgan fingerprint density at radius 2 is 2.00 bits per heavy atom. The number of alkyl halides is 3. The molecule has 0 aliphatic heterocycles. The van der Waals surface area contributed by atoms with Gasteiger partial charge in [-0.05, 0) is 18.3 Å². The lowest BCUT2D eigenvalue weighted by Gasteiger charge is -2.16. The van der Waals surface area contributed by atoms with E-state index in [-0.39, 0.29) is 5.41 Å². The van der Waals surface area contributed by atoms with Gasteiger partial charge in [0.15, 0.2) is 6.10 Å². The summed E-state index contributed by atoms with van der Waals surface area (Å²) in [6.07, 6.45) is -4.63. The molecule has 0 spiro atoms. The number of hydrogen-bond acceptors (Lipinski definition) is 2. The van der Waals surface area contributed by atoms with Crippen molar-refractivity contribution in [2.24, 2.45) is 5.41 Å². The minimum atomic E-state index is -4.50. The quantitative estimate of drug-likeness (QED) is 0.712. The Bertz CT molecular complexity index is 177. The average molecular weight is 197 g/mol. The Morgan fingerprint density at radius 3 is 2.38 bits per heavy atom. The Labute approximate surface area is 75.1 Å². The van der Waals surface area contributed by atoms with Crippen molar-refractivity contribution >= 4 is 0 Å². The summed E-state index contributed by atoms with van der Waals surface area (Å²) >= 11 is 0. The van der Waals surface area contributed by atoms with E-state index < -0.39 is 18.8 Å². The van der Waals surface area contributed by atoms with Crippen LogP contribution in [-0.4, -0.2) is 30.5 Å². The van der Waals surface area contributed by atoms with Crippen molar-refractivity contribution in [3.8, 4) is 0 Å². The van der Waals surface area contributed by atoms with Gasteiger partial charge in [0.1, 0.15) is 0 Å². The van der Waals surface area contributed by atoms with Crippen LogP contribution in [0.1, 0.15) is 19.8 Å². The highest BCUT2D eigenvalue weighted by atomic mass is 19.4. The summed E-state index contributed by atoms with van der Waals surface area (Å²) in [7, 11) is 0. The molecule has 0 heterocycles. The van der Waals surface area contributed by atoms with Crippen molar-refractivity contribution in [2.75, 3.05) is 13.1 Å². The van der Waals surface area contributed by atoms with Gasteiger partial charge in [0.05, 0.1) is 0 Å². The van der Waals surface area contributed by atoms with Crippen LogP contribution in [0.25, 0.3) is 0 Å². The highest BCUT2D eigenvalue weighted by Gasteiger charge is 2.40. The van der Waals surface area contributed by atoms with Gasteiger partial charge in [-0.25, -0.2) is 0 Å². The monoisotopic (exact) mass is 197 g/mol. The first-order valence-corrected chi connectivity index (χ1v) is 4.29. The highest BCUT2D eigenvalue weighted by Crippen LogP contribution is 2.44. The number of halogens is 3. The molecule has 2 N–H and O–H groups in total. The predicted molar refractivity (Wildman–Crippen MR) is 42.3 cm³/mol. The molecule has 78 valence electrons. The highest BCUT2D eigenvalue weighted by molar-refractivity contribution is 4.90. The van der Waals surface area contributed by atoms with E-state index in [2.05, 4.69) is 5.32 Å². The number of rotatable bonds is 4. The minimum Gasteiger partial charge on any atom is -0.382 e. The third-order valence-corrected chi connectivity index (χ3v) is 2.37. The van der Waals surface area contributed by atoms with Gasteiger partial charge in [0.2, 0.25) is 0 Å². The zero-order valence-corrected chi connectivity index (χ0v) is 7.49. The zero-order chi connectivity index (χ0) is 10.1. The van der Waals surface area contributed by atoms with Crippen LogP contribution in [0, 0.1) is 5.41 Å². The van der Waals surface area contributed by atoms with Crippen molar-refractivity contribution < 1.29 is 18.3 Å². The number of aliphatic hydroxyl groups is 1. The van der Waals surface area contributed by atoms with E-state index in [1.807, 2.05) is 6.92 Å². The Hall–Kier alpha value is -0.290. The van der Waals surface area contributed by atoms with Crippen LogP contribution in [-0.2, 0) is 0 Å². The predicted octanol–water partition coefficient (Wildman–Crippen LogP) is 1.30. The van der Waals surface area contributed by atoms with Crippen LogP contribution in [0.3, 0.4) is 0 Å². The van der Waals surface area contributed by atoms with E-state index >= 15 is 0 Å². The van der Waals surface area contributed by atoms with Crippen LogP contribution in [0.2, 0.25) is 0 Å². The molecule has 0 aromatic rings. The first kappa shape index (κ1) is 10.8. The number of nitrogens with one attached hydrogen (secondary N) is 1. The molecule has 13 heavy (non-hydrogen) atoms. The van der Waals surface area contributed by atoms with E-state index in [0.29, 0.717) is 6.54 Å². The van der Waals surface area contributed by atoms with Crippen molar-refractivity contribution in [3.05, 3.63) is 0 Å². The smallest absolute Gasteiger partial charge is 0.382 e. The first-order chi connectivity index (χ1) is 5.83. The van der Waals surface area contributed by atoms with E-state index in [1.54, 1.807) is 0 Å². The second-order valence-electron chi connectivity index (χ2n) is 4.00. The van der Waals surface area contributed by atoms with Crippen LogP contribution < -0.4 is 5.32 Å². The molecule has 0 radical (unpaired) electrons. The minimum absolute atomic E-state index is 0.172. The Balaban J connectivity index is 2.12. The molecule has 1 rings (SSSR count). The van der Waals surface area contributed by atoms with Gasteiger partial charge in [0.25, 0.3) is 0 Å². The molecule has 1 aliphatic carbocycles. The topological polar surface area (TPSA) is 32.3 Å². The fraction of sp³-hybridized carbons (Fsp3) is 1.00. The van der Waals surface area contributed by atoms with E-state index in [1.165, 1.54) is 0 Å². The molecule has 0 aromatic carbocycles. The fourth-order valence-electron chi connectivity index (χ4n) is 1.02.